The number of hydrogen-bond donors (Lipinski definition) is 4. The summed E-state index contributed by atoms with van der Waals surface area (Å²) in [6.07, 6.45) is 14.1. The van der Waals surface area contributed by atoms with E-state index in [4.69, 9.17) is 10.5 Å². The number of likely N-dealkylation sites (tertiary alicyclic amines) is 2. The van der Waals surface area contributed by atoms with E-state index in [9.17, 15) is 24.0 Å². The molecule has 2 aromatic rings. The summed E-state index contributed by atoms with van der Waals surface area (Å²) in [7, 11) is 0. The van der Waals surface area contributed by atoms with Gasteiger partial charge >= 0.3 is 29.7 Å². The lowest BCUT2D eigenvalue weighted by molar-refractivity contribution is -0.147. The highest BCUT2D eigenvalue weighted by Crippen LogP contribution is 2.41. The maximum absolute atomic E-state index is 13.8. The number of pyridine rings is 2. The number of nitrogens with two attached hydrogens (primary N) is 1. The zero-order valence-corrected chi connectivity index (χ0v) is 34.6. The fourth-order valence-corrected chi connectivity index (χ4v) is 9.65. The number of amides is 5. The molecule has 4 unspecified atom stereocenters. The highest BCUT2D eigenvalue weighted by molar-refractivity contribution is 6.40. The molecular formula is C43H62N8O6. The summed E-state index contributed by atoms with van der Waals surface area (Å²) in [4.78, 5) is 78.6. The predicted molar refractivity (Wildman–Crippen MR) is 219 cm³/mol. The molecule has 310 valence electrons. The van der Waals surface area contributed by atoms with Crippen molar-refractivity contribution in [3.63, 3.8) is 0 Å². The molecule has 2 aliphatic carbocycles. The van der Waals surface area contributed by atoms with Crippen molar-refractivity contribution in [2.24, 2.45) is 29.6 Å². The third-order valence-electron chi connectivity index (χ3n) is 12.4. The number of ether oxygens (including phenoxy) is 1. The maximum atomic E-state index is 13.8. The van der Waals surface area contributed by atoms with E-state index in [2.05, 4.69) is 39.8 Å². The van der Waals surface area contributed by atoms with Gasteiger partial charge in [-0.2, -0.15) is 0 Å². The van der Waals surface area contributed by atoms with Gasteiger partial charge in [0.25, 0.3) is 0 Å². The van der Waals surface area contributed by atoms with Crippen LogP contribution in [0.15, 0.2) is 24.5 Å². The number of carbonyl (C=O) groups excluding carboxylic acids is 5. The summed E-state index contributed by atoms with van der Waals surface area (Å²) < 4.78 is 5.31. The minimum Gasteiger partial charge on any atom is -0.444 e. The third kappa shape index (κ3) is 10.6. The lowest BCUT2D eigenvalue weighted by Gasteiger charge is -2.41. The molecule has 57 heavy (non-hydrogen) atoms. The van der Waals surface area contributed by atoms with Crippen LogP contribution in [0.5, 0.6) is 0 Å². The van der Waals surface area contributed by atoms with Crippen LogP contribution in [0, 0.1) is 36.5 Å². The topological polar surface area (TPSA) is 189 Å². The zero-order valence-electron chi connectivity index (χ0n) is 34.6. The van der Waals surface area contributed by atoms with Gasteiger partial charge in [0.05, 0.1) is 23.8 Å². The van der Waals surface area contributed by atoms with Crippen LogP contribution in [0.25, 0.3) is 0 Å². The van der Waals surface area contributed by atoms with Crippen LogP contribution in [-0.4, -0.2) is 80.3 Å². The van der Waals surface area contributed by atoms with Gasteiger partial charge in [-0.15, -0.1) is 0 Å². The van der Waals surface area contributed by atoms with Gasteiger partial charge in [0, 0.05) is 25.2 Å². The molecule has 0 aromatic carbocycles. The number of piperidine rings is 2. The Kier molecular flexibility index (Phi) is 13.1. The van der Waals surface area contributed by atoms with Gasteiger partial charge in [-0.3, -0.25) is 24.5 Å². The molecule has 4 fully saturated rings. The lowest BCUT2D eigenvalue weighted by atomic mass is 9.84. The Morgan fingerprint density at radius 1 is 0.754 bits per heavy atom. The van der Waals surface area contributed by atoms with E-state index < -0.39 is 35.3 Å². The fourth-order valence-electron chi connectivity index (χ4n) is 9.65. The normalized spacial score (nSPS) is 25.5. The van der Waals surface area contributed by atoms with Crippen LogP contribution < -0.4 is 21.7 Å². The molecule has 2 saturated carbocycles. The van der Waals surface area contributed by atoms with Crippen molar-refractivity contribution < 1.29 is 28.7 Å². The van der Waals surface area contributed by atoms with Crippen molar-refractivity contribution in [2.45, 2.75) is 136 Å². The average Bonchev–Trinajstić information content (AvgIpc) is 3.86. The third-order valence-corrected chi connectivity index (χ3v) is 12.4. The minimum atomic E-state index is -0.724. The Morgan fingerprint density at radius 3 is 1.89 bits per heavy atom. The fraction of sp³-hybridized carbons (Fsp3) is 0.651. The molecule has 0 bridgehead atoms. The number of hydrogen-bond acceptors (Lipinski definition) is 9. The number of anilines is 4. The van der Waals surface area contributed by atoms with Gasteiger partial charge in [-0.25, -0.2) is 14.8 Å². The molecule has 5 N–H and O–H groups in total. The number of aromatic nitrogens is 2. The maximum Gasteiger partial charge on any atom is 0.413 e. The van der Waals surface area contributed by atoms with Gasteiger partial charge in [-0.1, -0.05) is 26.7 Å². The Balaban J connectivity index is 1.05. The van der Waals surface area contributed by atoms with Gasteiger partial charge in [0.2, 0.25) is 0 Å². The summed E-state index contributed by atoms with van der Waals surface area (Å²) in [6, 6.07) is 3.55. The van der Waals surface area contributed by atoms with Crippen molar-refractivity contribution in [2.75, 3.05) is 34.8 Å². The van der Waals surface area contributed by atoms with E-state index in [-0.39, 0.29) is 29.8 Å². The molecule has 6 atom stereocenters. The number of aryl methyl sites for hydroxylation is 1. The van der Waals surface area contributed by atoms with Crippen LogP contribution in [0.3, 0.4) is 0 Å². The Labute approximate surface area is 336 Å². The first kappa shape index (κ1) is 41.9. The molecule has 0 radical (unpaired) electrons. The van der Waals surface area contributed by atoms with Crippen LogP contribution in [-0.2, 0) is 30.3 Å². The van der Waals surface area contributed by atoms with Gasteiger partial charge < -0.3 is 30.9 Å². The lowest BCUT2D eigenvalue weighted by Crippen LogP contribution is -2.52. The van der Waals surface area contributed by atoms with E-state index in [1.807, 2.05) is 11.0 Å². The van der Waals surface area contributed by atoms with E-state index in [1.54, 1.807) is 38.7 Å². The van der Waals surface area contributed by atoms with Crippen molar-refractivity contribution in [1.29, 1.82) is 0 Å². The van der Waals surface area contributed by atoms with Crippen LogP contribution in [0.1, 0.15) is 116 Å². The van der Waals surface area contributed by atoms with Gasteiger partial charge in [0.15, 0.2) is 0 Å². The monoisotopic (exact) mass is 786 g/mol. The number of nitrogen functional groups attached to an aromatic ring is 1. The number of rotatable bonds is 7. The quantitative estimate of drug-likeness (QED) is 0.222. The van der Waals surface area contributed by atoms with Crippen molar-refractivity contribution in [3.05, 3.63) is 35.7 Å². The Morgan fingerprint density at radius 2 is 1.32 bits per heavy atom. The summed E-state index contributed by atoms with van der Waals surface area (Å²) in [5, 5.41) is 8.17. The Hall–Kier alpha value is -4.75. The molecule has 14 nitrogen and oxygen atoms in total. The summed E-state index contributed by atoms with van der Waals surface area (Å²) in [5.74, 6) is -0.109. The first-order valence-electron chi connectivity index (χ1n) is 21.0. The van der Waals surface area contributed by atoms with Crippen molar-refractivity contribution in [1.82, 2.24) is 19.8 Å². The molecule has 4 aliphatic rings. The van der Waals surface area contributed by atoms with Gasteiger partial charge in [0.1, 0.15) is 17.2 Å². The molecular weight excluding hydrogens is 725 g/mol. The second-order valence-electron chi connectivity index (χ2n) is 18.3. The summed E-state index contributed by atoms with van der Waals surface area (Å²) in [5.41, 5.74) is 7.93. The summed E-state index contributed by atoms with van der Waals surface area (Å²) >= 11 is 0. The van der Waals surface area contributed by atoms with Crippen LogP contribution >= 0.6 is 0 Å². The number of carbonyl (C=O) groups is 5. The summed E-state index contributed by atoms with van der Waals surface area (Å²) in [6.45, 7) is 12.4. The second kappa shape index (κ2) is 17.8. The molecule has 6 rings (SSSR count). The predicted octanol–water partition coefficient (Wildman–Crippen LogP) is 6.69. The molecule has 2 saturated heterocycles. The number of nitrogens with zero attached hydrogens (tertiary/aromatic N) is 4. The Bertz CT molecular complexity index is 1820. The average molecular weight is 787 g/mol. The molecule has 5 amide bonds. The molecule has 0 spiro atoms. The van der Waals surface area contributed by atoms with Crippen LogP contribution in [0.4, 0.5) is 27.8 Å². The standard InChI is InChI=1S/C43H62N8O6/c1-25-11-15-34(29-9-7-8-10-29)50(23-25)40(54)39(53)48-33-20-31(36(44)45-21-33)19-28-13-14-30(18-28)35-16-12-26(2)24-51(35)41(55)38(52)47-32-17-27(3)37(46-22-32)49-42(56)57-43(4,5)6/h17,20-22,25-26,28-30,34-35H,7-16,18-19,23-24H2,1-6H3,(H2,44,45)(H,47,52)(H,48,53)(H,46,49,56)/t25-,26?,28?,30?,34+,35?/m0/s1. The van der Waals surface area contributed by atoms with Gasteiger partial charge in [-0.05, 0) is 145 Å². The first-order valence-corrected chi connectivity index (χ1v) is 21.0. The largest absolute Gasteiger partial charge is 0.444 e. The van der Waals surface area contributed by atoms with Crippen molar-refractivity contribution >= 4 is 52.7 Å². The SMILES string of the molecule is Cc1cc(NC(=O)C(=O)N2CC(C)CCC2C2CCC(Cc3cc(NC(=O)C(=O)N4C[C@@H](C)CC[C@@H]4C4CCCC4)cnc3N)C2)cnc1NC(=O)OC(C)(C)C. The highest BCUT2D eigenvalue weighted by Gasteiger charge is 2.41. The first-order chi connectivity index (χ1) is 27.0. The van der Waals surface area contributed by atoms with E-state index in [0.29, 0.717) is 59.9 Å². The number of nitrogens with one attached hydrogen (secondary N) is 3. The molecule has 2 aliphatic heterocycles. The van der Waals surface area contributed by atoms with Crippen LogP contribution in [0.2, 0.25) is 0 Å². The van der Waals surface area contributed by atoms with Crippen molar-refractivity contribution in [3.8, 4) is 0 Å². The molecule has 4 heterocycles. The smallest absolute Gasteiger partial charge is 0.413 e. The highest BCUT2D eigenvalue weighted by atomic mass is 16.6. The molecule has 2 aromatic heterocycles. The van der Waals surface area contributed by atoms with E-state index >= 15 is 0 Å². The molecule has 14 heteroatoms. The van der Waals surface area contributed by atoms with E-state index in [1.165, 1.54) is 25.2 Å². The second-order valence-corrected chi connectivity index (χ2v) is 18.3. The minimum absolute atomic E-state index is 0.0672. The van der Waals surface area contributed by atoms with E-state index in [0.717, 1.165) is 63.4 Å². The zero-order chi connectivity index (χ0) is 41.0.